The molecule has 0 bridgehead atoms. The van der Waals surface area contributed by atoms with E-state index in [9.17, 15) is 4.79 Å². The third-order valence-electron chi connectivity index (χ3n) is 2.66. The molecule has 1 heterocycles. The average Bonchev–Trinajstić information content (AvgIpc) is 2.63. The summed E-state index contributed by atoms with van der Waals surface area (Å²) in [6.07, 6.45) is 1.46. The van der Waals surface area contributed by atoms with Gasteiger partial charge >= 0.3 is 0 Å². The summed E-state index contributed by atoms with van der Waals surface area (Å²) in [7, 11) is 0. The van der Waals surface area contributed by atoms with Gasteiger partial charge in [-0.05, 0) is 18.6 Å². The maximum absolute atomic E-state index is 11.0. The first-order valence-corrected chi connectivity index (χ1v) is 5.62. The fourth-order valence-electron chi connectivity index (χ4n) is 1.78. The van der Waals surface area contributed by atoms with Crippen molar-refractivity contribution in [1.29, 1.82) is 0 Å². The van der Waals surface area contributed by atoms with Gasteiger partial charge in [-0.1, -0.05) is 17.7 Å². The van der Waals surface area contributed by atoms with Crippen LogP contribution in [0.3, 0.4) is 0 Å². The number of hydrogen-bond donors (Lipinski definition) is 3. The summed E-state index contributed by atoms with van der Waals surface area (Å²) in [5.41, 5.74) is 7.16. The van der Waals surface area contributed by atoms with Crippen LogP contribution in [0.4, 0.5) is 11.4 Å². The van der Waals surface area contributed by atoms with E-state index in [1.807, 2.05) is 0 Å². The lowest BCUT2D eigenvalue weighted by molar-refractivity contribution is -0.119. The molecule has 16 heavy (non-hydrogen) atoms. The highest BCUT2D eigenvalue weighted by Gasteiger charge is 2.20. The maximum Gasteiger partial charge on any atom is 0.220 e. The van der Waals surface area contributed by atoms with E-state index in [0.717, 1.165) is 12.1 Å². The van der Waals surface area contributed by atoms with Crippen molar-refractivity contribution in [2.75, 3.05) is 17.6 Å². The Balaban J connectivity index is 1.97. The second kappa shape index (κ2) is 4.61. The average molecular weight is 240 g/mol. The molecular weight excluding hydrogens is 226 g/mol. The number of rotatable bonds is 3. The summed E-state index contributed by atoms with van der Waals surface area (Å²) < 4.78 is 0. The van der Waals surface area contributed by atoms with Crippen LogP contribution >= 0.6 is 11.6 Å². The normalized spacial score (nSPS) is 19.6. The zero-order valence-corrected chi connectivity index (χ0v) is 9.55. The van der Waals surface area contributed by atoms with E-state index in [4.69, 9.17) is 17.3 Å². The highest BCUT2D eigenvalue weighted by Crippen LogP contribution is 2.27. The molecule has 4 N–H and O–H groups in total. The van der Waals surface area contributed by atoms with E-state index in [0.29, 0.717) is 23.7 Å². The maximum atomic E-state index is 11.0. The van der Waals surface area contributed by atoms with Gasteiger partial charge in [-0.25, -0.2) is 0 Å². The molecule has 1 aromatic rings. The lowest BCUT2D eigenvalue weighted by Crippen LogP contribution is -2.32. The molecule has 4 nitrogen and oxygen atoms in total. The number of nitrogen functional groups attached to an aromatic ring is 1. The summed E-state index contributed by atoms with van der Waals surface area (Å²) in [6, 6.07) is 5.55. The fourth-order valence-corrected chi connectivity index (χ4v) is 2.03. The highest BCUT2D eigenvalue weighted by atomic mass is 35.5. The van der Waals surface area contributed by atoms with Crippen molar-refractivity contribution < 1.29 is 4.79 Å². The number of carbonyl (C=O) groups is 1. The SMILES string of the molecule is Nc1cccc(Cl)c1NCC1CCC(=O)N1. The lowest BCUT2D eigenvalue weighted by Gasteiger charge is -2.15. The van der Waals surface area contributed by atoms with Crippen molar-refractivity contribution in [3.8, 4) is 0 Å². The van der Waals surface area contributed by atoms with Crippen LogP contribution in [0.2, 0.25) is 5.02 Å². The Labute approximate surface area is 99.2 Å². The molecule has 1 atom stereocenters. The van der Waals surface area contributed by atoms with E-state index >= 15 is 0 Å². The molecule has 1 aromatic carbocycles. The molecule has 1 aliphatic heterocycles. The number of nitrogens with one attached hydrogen (secondary N) is 2. The van der Waals surface area contributed by atoms with Gasteiger partial charge in [0.1, 0.15) is 0 Å². The summed E-state index contributed by atoms with van der Waals surface area (Å²) in [6.45, 7) is 0.652. The summed E-state index contributed by atoms with van der Waals surface area (Å²) in [5, 5.41) is 6.65. The van der Waals surface area contributed by atoms with E-state index in [1.165, 1.54) is 0 Å². The Bertz CT molecular complexity index is 388. The number of nitrogens with two attached hydrogens (primary N) is 1. The molecule has 0 aliphatic carbocycles. The number of benzene rings is 1. The molecule has 0 aromatic heterocycles. The molecule has 1 amide bonds. The number of para-hydroxylation sites is 1. The topological polar surface area (TPSA) is 67.1 Å². The fraction of sp³-hybridized carbons (Fsp3) is 0.364. The molecule has 0 saturated carbocycles. The third kappa shape index (κ3) is 2.39. The van der Waals surface area contributed by atoms with Crippen LogP contribution < -0.4 is 16.4 Å². The molecule has 0 spiro atoms. The van der Waals surface area contributed by atoms with Gasteiger partial charge in [0.25, 0.3) is 0 Å². The van der Waals surface area contributed by atoms with Crippen LogP contribution in [-0.2, 0) is 4.79 Å². The second-order valence-corrected chi connectivity index (χ2v) is 4.30. The Morgan fingerprint density at radius 2 is 2.38 bits per heavy atom. The standard InChI is InChI=1S/C11H14ClN3O/c12-8-2-1-3-9(13)11(8)14-6-7-4-5-10(16)15-7/h1-3,7,14H,4-6,13H2,(H,15,16). The van der Waals surface area contributed by atoms with Crippen molar-refractivity contribution in [1.82, 2.24) is 5.32 Å². The third-order valence-corrected chi connectivity index (χ3v) is 2.97. The van der Waals surface area contributed by atoms with Gasteiger partial charge in [0.2, 0.25) is 5.91 Å². The molecule has 86 valence electrons. The molecule has 1 saturated heterocycles. The zero-order valence-electron chi connectivity index (χ0n) is 8.79. The molecule has 5 heteroatoms. The molecular formula is C11H14ClN3O. The summed E-state index contributed by atoms with van der Waals surface area (Å²) in [4.78, 5) is 11.0. The largest absolute Gasteiger partial charge is 0.397 e. The minimum absolute atomic E-state index is 0.110. The highest BCUT2D eigenvalue weighted by molar-refractivity contribution is 6.33. The zero-order chi connectivity index (χ0) is 11.5. The van der Waals surface area contributed by atoms with Gasteiger partial charge in [0.15, 0.2) is 0 Å². The Morgan fingerprint density at radius 3 is 3.00 bits per heavy atom. The van der Waals surface area contributed by atoms with Crippen LogP contribution in [0, 0.1) is 0 Å². The molecule has 1 aliphatic rings. The van der Waals surface area contributed by atoms with Crippen molar-refractivity contribution in [3.05, 3.63) is 23.2 Å². The Kier molecular flexibility index (Phi) is 3.19. The minimum Gasteiger partial charge on any atom is -0.397 e. The summed E-state index contributed by atoms with van der Waals surface area (Å²) >= 11 is 6.01. The van der Waals surface area contributed by atoms with E-state index in [-0.39, 0.29) is 11.9 Å². The molecule has 1 fully saturated rings. The van der Waals surface area contributed by atoms with E-state index in [2.05, 4.69) is 10.6 Å². The van der Waals surface area contributed by atoms with Gasteiger partial charge in [-0.15, -0.1) is 0 Å². The molecule has 0 radical (unpaired) electrons. The van der Waals surface area contributed by atoms with Gasteiger partial charge in [0, 0.05) is 19.0 Å². The number of anilines is 2. The number of carbonyl (C=O) groups excluding carboxylic acids is 1. The van der Waals surface area contributed by atoms with Crippen LogP contribution in [0.1, 0.15) is 12.8 Å². The van der Waals surface area contributed by atoms with Crippen molar-refractivity contribution in [3.63, 3.8) is 0 Å². The quantitative estimate of drug-likeness (QED) is 0.702. The number of amides is 1. The van der Waals surface area contributed by atoms with Crippen LogP contribution in [-0.4, -0.2) is 18.5 Å². The van der Waals surface area contributed by atoms with Crippen LogP contribution in [0.5, 0.6) is 0 Å². The Morgan fingerprint density at radius 1 is 1.56 bits per heavy atom. The smallest absolute Gasteiger partial charge is 0.220 e. The van der Waals surface area contributed by atoms with Crippen LogP contribution in [0.15, 0.2) is 18.2 Å². The molecule has 2 rings (SSSR count). The minimum atomic E-state index is 0.110. The van der Waals surface area contributed by atoms with Gasteiger partial charge < -0.3 is 16.4 Å². The predicted octanol–water partition coefficient (Wildman–Crippen LogP) is 1.61. The lowest BCUT2D eigenvalue weighted by atomic mass is 10.2. The van der Waals surface area contributed by atoms with E-state index < -0.39 is 0 Å². The Hall–Kier alpha value is -1.42. The van der Waals surface area contributed by atoms with Crippen molar-refractivity contribution >= 4 is 28.9 Å². The van der Waals surface area contributed by atoms with Gasteiger partial charge in [0.05, 0.1) is 16.4 Å². The first-order chi connectivity index (χ1) is 7.66. The summed E-state index contributed by atoms with van der Waals surface area (Å²) in [5.74, 6) is 0.110. The predicted molar refractivity (Wildman–Crippen MR) is 65.5 cm³/mol. The van der Waals surface area contributed by atoms with Crippen LogP contribution in [0.25, 0.3) is 0 Å². The number of hydrogen-bond acceptors (Lipinski definition) is 3. The first-order valence-electron chi connectivity index (χ1n) is 5.24. The first kappa shape index (κ1) is 11.1. The van der Waals surface area contributed by atoms with Crippen molar-refractivity contribution in [2.24, 2.45) is 0 Å². The van der Waals surface area contributed by atoms with Gasteiger partial charge in [-0.3, -0.25) is 4.79 Å². The second-order valence-electron chi connectivity index (χ2n) is 3.89. The van der Waals surface area contributed by atoms with E-state index in [1.54, 1.807) is 18.2 Å². The monoisotopic (exact) mass is 239 g/mol. The number of halogens is 1. The van der Waals surface area contributed by atoms with Crippen molar-refractivity contribution in [2.45, 2.75) is 18.9 Å². The molecule has 1 unspecified atom stereocenters. The van der Waals surface area contributed by atoms with Gasteiger partial charge in [-0.2, -0.15) is 0 Å².